The summed E-state index contributed by atoms with van der Waals surface area (Å²) in [5.74, 6) is -0.990. The summed E-state index contributed by atoms with van der Waals surface area (Å²) in [4.78, 5) is 32.4. The van der Waals surface area contributed by atoms with Crippen LogP contribution in [0.4, 0.5) is 4.39 Å². The van der Waals surface area contributed by atoms with E-state index >= 15 is 0 Å². The summed E-state index contributed by atoms with van der Waals surface area (Å²) in [6.07, 6.45) is 0.0286. The minimum absolute atomic E-state index is 0.0286. The van der Waals surface area contributed by atoms with Gasteiger partial charge in [-0.25, -0.2) is 9.37 Å². The van der Waals surface area contributed by atoms with E-state index in [-0.39, 0.29) is 18.0 Å². The van der Waals surface area contributed by atoms with E-state index < -0.39 is 22.5 Å². The molecule has 2 unspecified atom stereocenters. The van der Waals surface area contributed by atoms with Gasteiger partial charge in [-0.15, -0.1) is 11.8 Å². The first-order valence-electron chi connectivity index (χ1n) is 11.0. The van der Waals surface area contributed by atoms with Crippen LogP contribution in [0, 0.1) is 5.82 Å². The molecule has 1 aliphatic heterocycles. The maximum absolute atomic E-state index is 14.0. The molecule has 1 fully saturated rings. The van der Waals surface area contributed by atoms with Crippen LogP contribution in [0.15, 0.2) is 82.4 Å². The van der Waals surface area contributed by atoms with Crippen LogP contribution in [0.3, 0.4) is 0 Å². The number of benzene rings is 2. The van der Waals surface area contributed by atoms with E-state index in [4.69, 9.17) is 21.3 Å². The number of ether oxygens (including phenoxy) is 1. The minimum Gasteiger partial charge on any atom is -0.494 e. The summed E-state index contributed by atoms with van der Waals surface area (Å²) in [6, 6.07) is 18.9. The molecule has 1 N–H and O–H groups in total. The quantitative estimate of drug-likeness (QED) is 0.300. The average molecular weight is 539 g/mol. The number of Topliss-reactive ketones (excluding diaryl/α,β-unsaturated/α-hetero) is 1. The Morgan fingerprint density at radius 2 is 1.97 bits per heavy atom. The van der Waals surface area contributed by atoms with Gasteiger partial charge in [-0.3, -0.25) is 9.59 Å². The molecule has 1 saturated heterocycles. The number of methoxy groups -OCH3 is 1. The van der Waals surface area contributed by atoms with Gasteiger partial charge in [0.15, 0.2) is 17.3 Å². The Morgan fingerprint density at radius 3 is 2.69 bits per heavy atom. The Morgan fingerprint density at radius 1 is 1.14 bits per heavy atom. The number of thioether (sulfide) groups is 1. The topological polar surface area (TPSA) is 68.3 Å². The average Bonchev–Trinajstić information content (AvgIpc) is 3.43. The molecule has 9 heteroatoms. The molecule has 5 rings (SSSR count). The predicted octanol–water partition coefficient (Wildman–Crippen LogP) is 6.10. The van der Waals surface area contributed by atoms with Gasteiger partial charge in [-0.1, -0.05) is 29.8 Å². The van der Waals surface area contributed by atoms with Crippen molar-refractivity contribution in [3.8, 4) is 17.0 Å². The highest BCUT2D eigenvalue weighted by molar-refractivity contribution is 8.01. The third-order valence-corrected chi connectivity index (χ3v) is 8.48. The first kappa shape index (κ1) is 24.5. The molecule has 1 amide bonds. The van der Waals surface area contributed by atoms with Gasteiger partial charge in [0, 0.05) is 16.9 Å². The lowest BCUT2D eigenvalue weighted by Crippen LogP contribution is -2.58. The number of nitrogens with one attached hydrogen (secondary N) is 1. The van der Waals surface area contributed by atoms with Crippen LogP contribution in [0.1, 0.15) is 17.7 Å². The molecule has 2 aromatic carbocycles. The molecule has 0 bridgehead atoms. The van der Waals surface area contributed by atoms with Crippen molar-refractivity contribution in [1.82, 2.24) is 10.3 Å². The number of piperidine rings is 1. The normalized spacial score (nSPS) is 19.7. The minimum atomic E-state index is -1.13. The molecule has 2 atom stereocenters. The van der Waals surface area contributed by atoms with E-state index in [0.717, 1.165) is 17.3 Å². The van der Waals surface area contributed by atoms with Crippen LogP contribution in [-0.2, 0) is 15.1 Å². The van der Waals surface area contributed by atoms with Crippen molar-refractivity contribution in [2.75, 3.05) is 7.11 Å². The van der Waals surface area contributed by atoms with Gasteiger partial charge in [-0.2, -0.15) is 11.3 Å². The lowest BCUT2D eigenvalue weighted by Gasteiger charge is -2.39. The summed E-state index contributed by atoms with van der Waals surface area (Å²) in [7, 11) is 1.40. The first-order chi connectivity index (χ1) is 17.4. The second kappa shape index (κ2) is 10.0. The second-order valence-electron chi connectivity index (χ2n) is 8.24. The molecule has 0 spiro atoms. The summed E-state index contributed by atoms with van der Waals surface area (Å²) in [6.45, 7) is 0. The van der Waals surface area contributed by atoms with Crippen LogP contribution in [0.25, 0.3) is 11.3 Å². The molecule has 182 valence electrons. The van der Waals surface area contributed by atoms with Crippen molar-refractivity contribution >= 4 is 46.4 Å². The van der Waals surface area contributed by atoms with Crippen molar-refractivity contribution in [1.29, 1.82) is 0 Å². The van der Waals surface area contributed by atoms with Gasteiger partial charge in [0.1, 0.15) is 10.8 Å². The lowest BCUT2D eigenvalue weighted by atomic mass is 9.79. The predicted molar refractivity (Wildman–Crippen MR) is 140 cm³/mol. The van der Waals surface area contributed by atoms with Gasteiger partial charge >= 0.3 is 0 Å². The molecule has 5 nitrogen and oxygen atoms in total. The Hall–Kier alpha value is -3.20. The number of hydrogen-bond acceptors (Lipinski definition) is 6. The lowest BCUT2D eigenvalue weighted by molar-refractivity contribution is -0.133. The number of hydrogen-bond donors (Lipinski definition) is 1. The van der Waals surface area contributed by atoms with Crippen molar-refractivity contribution in [2.24, 2.45) is 0 Å². The molecule has 0 radical (unpaired) electrons. The first-order valence-corrected chi connectivity index (χ1v) is 13.2. The standard InChI is InChI=1S/C27H20ClFN2O3S2/c1-34-22-13-16(9-10-19(22)29)20-6-4-8-24(30-20)27(17-11-12-35-15-17)14-21(32)25(26(33)31-27)36-23-7-3-2-5-18(23)28/h2-13,15,25H,14H2,1H3,(H,31,33). The van der Waals surface area contributed by atoms with E-state index in [1.807, 2.05) is 29.0 Å². The highest BCUT2D eigenvalue weighted by Crippen LogP contribution is 2.41. The summed E-state index contributed by atoms with van der Waals surface area (Å²) in [5, 5.41) is 6.48. The number of pyridine rings is 1. The van der Waals surface area contributed by atoms with Gasteiger partial charge in [-0.05, 0) is 64.9 Å². The van der Waals surface area contributed by atoms with Crippen molar-refractivity contribution < 1.29 is 18.7 Å². The van der Waals surface area contributed by atoms with Crippen molar-refractivity contribution in [3.05, 3.63) is 99.6 Å². The number of rotatable bonds is 6. The smallest absolute Gasteiger partial charge is 0.242 e. The van der Waals surface area contributed by atoms with E-state index in [2.05, 4.69) is 5.32 Å². The van der Waals surface area contributed by atoms with Gasteiger partial charge in [0.05, 0.1) is 23.5 Å². The summed E-state index contributed by atoms with van der Waals surface area (Å²) < 4.78 is 19.1. The Labute approximate surface area is 220 Å². The number of carbonyl (C=O) groups excluding carboxylic acids is 2. The zero-order valence-corrected chi connectivity index (χ0v) is 21.4. The molecule has 1 aliphatic rings. The zero-order valence-electron chi connectivity index (χ0n) is 19.0. The number of halogens is 2. The van der Waals surface area contributed by atoms with Gasteiger partial charge in [0.2, 0.25) is 5.91 Å². The molecule has 0 aliphatic carbocycles. The second-order valence-corrected chi connectivity index (χ2v) is 10.6. The van der Waals surface area contributed by atoms with E-state index in [0.29, 0.717) is 26.9 Å². The SMILES string of the molecule is COc1cc(-c2cccc(C3(c4ccsc4)CC(=O)C(Sc4ccccc4Cl)C(=O)N3)n2)ccc1F. The van der Waals surface area contributed by atoms with Crippen LogP contribution in [0.2, 0.25) is 5.02 Å². The van der Waals surface area contributed by atoms with Gasteiger partial charge in [0.25, 0.3) is 0 Å². The number of amides is 1. The number of ketones is 1. The molecule has 2 aromatic heterocycles. The van der Waals surface area contributed by atoms with Crippen LogP contribution < -0.4 is 10.1 Å². The third-order valence-electron chi connectivity index (χ3n) is 6.04. The highest BCUT2D eigenvalue weighted by atomic mass is 35.5. The number of thiophene rings is 1. The third kappa shape index (κ3) is 4.52. The fraction of sp³-hybridized carbons (Fsp3) is 0.148. The fourth-order valence-corrected chi connectivity index (χ4v) is 6.22. The zero-order chi connectivity index (χ0) is 25.3. The molecule has 36 heavy (non-hydrogen) atoms. The highest BCUT2D eigenvalue weighted by Gasteiger charge is 2.48. The Balaban J connectivity index is 1.54. The number of nitrogens with zero attached hydrogens (tertiary/aromatic N) is 1. The molecular formula is C27H20ClFN2O3S2. The van der Waals surface area contributed by atoms with E-state index in [1.54, 1.807) is 42.5 Å². The van der Waals surface area contributed by atoms with Crippen LogP contribution >= 0.6 is 34.7 Å². The monoisotopic (exact) mass is 538 g/mol. The summed E-state index contributed by atoms with van der Waals surface area (Å²) >= 11 is 8.89. The largest absolute Gasteiger partial charge is 0.494 e. The van der Waals surface area contributed by atoms with Crippen LogP contribution in [-0.4, -0.2) is 29.0 Å². The fourth-order valence-electron chi connectivity index (χ4n) is 4.24. The Kier molecular flexibility index (Phi) is 6.83. The van der Waals surface area contributed by atoms with Crippen molar-refractivity contribution in [3.63, 3.8) is 0 Å². The Bertz CT molecular complexity index is 1430. The van der Waals surface area contributed by atoms with E-state index in [1.165, 1.54) is 24.5 Å². The maximum atomic E-state index is 14.0. The maximum Gasteiger partial charge on any atom is 0.242 e. The molecule has 0 saturated carbocycles. The van der Waals surface area contributed by atoms with Gasteiger partial charge < -0.3 is 10.1 Å². The van der Waals surface area contributed by atoms with Crippen molar-refractivity contribution in [2.45, 2.75) is 22.1 Å². The molecule has 4 aromatic rings. The number of carbonyl (C=O) groups is 2. The molecule has 3 heterocycles. The van der Waals surface area contributed by atoms with Crippen LogP contribution in [0.5, 0.6) is 5.75 Å². The summed E-state index contributed by atoms with van der Waals surface area (Å²) in [5.41, 5.74) is 1.37. The van der Waals surface area contributed by atoms with E-state index in [9.17, 15) is 14.0 Å². The molecular weight excluding hydrogens is 519 g/mol. The number of aromatic nitrogens is 1.